The molecule has 2 aromatic rings. The second-order valence-electron chi connectivity index (χ2n) is 4.19. The Morgan fingerprint density at radius 2 is 2.25 bits per heavy atom. The van der Waals surface area contributed by atoms with E-state index in [0.717, 1.165) is 0 Å². The molecule has 6 nitrogen and oxygen atoms in total. The number of ether oxygens (including phenoxy) is 1. The molecule has 0 spiro atoms. The monoisotopic (exact) mass is 297 g/mol. The van der Waals surface area contributed by atoms with Crippen molar-refractivity contribution in [1.82, 2.24) is 15.3 Å². The van der Waals surface area contributed by atoms with E-state index in [-0.39, 0.29) is 12.2 Å². The quantitative estimate of drug-likeness (QED) is 0.654. The first-order chi connectivity index (χ1) is 9.70. The molecule has 0 aliphatic rings. The number of nitrogens with one attached hydrogen (secondary N) is 2. The van der Waals surface area contributed by atoms with Crippen LogP contribution in [0.1, 0.15) is 5.82 Å². The summed E-state index contributed by atoms with van der Waals surface area (Å²) >= 11 is 5.89. The summed E-state index contributed by atoms with van der Waals surface area (Å²) < 4.78 is 5.11. The number of H-pyrrole nitrogens is 1. The number of nitrogens with zero attached hydrogens (tertiary/aromatic N) is 1. The van der Waals surface area contributed by atoms with Gasteiger partial charge in [-0.25, -0.2) is 4.98 Å². The Balaban J connectivity index is 1.98. The first-order valence-electron chi connectivity index (χ1n) is 6.28. The summed E-state index contributed by atoms with van der Waals surface area (Å²) in [5.41, 5.74) is 0.398. The number of hydrogen-bond donors (Lipinski definition) is 3. The molecule has 108 valence electrons. The lowest BCUT2D eigenvalue weighted by atomic mass is 10.2. The van der Waals surface area contributed by atoms with E-state index in [2.05, 4.69) is 15.3 Å². The third-order valence-corrected chi connectivity index (χ3v) is 2.90. The molecule has 2 rings (SSSR count). The van der Waals surface area contributed by atoms with E-state index in [4.69, 9.17) is 21.4 Å². The molecule has 0 atom stereocenters. The molecule has 0 aliphatic carbocycles. The number of hydrogen-bond acceptors (Lipinski definition) is 5. The molecule has 7 heteroatoms. The van der Waals surface area contributed by atoms with Crippen molar-refractivity contribution in [2.75, 3.05) is 26.4 Å². The van der Waals surface area contributed by atoms with Crippen LogP contribution in [0.4, 0.5) is 0 Å². The molecule has 0 unspecified atom stereocenters. The topological polar surface area (TPSA) is 87.2 Å². The SMILES string of the molecule is O=c1[nH]c(CNCCOCCO)nc2cc(Cl)ccc12. The van der Waals surface area contributed by atoms with Crippen LogP contribution in [0.25, 0.3) is 10.9 Å². The maximum Gasteiger partial charge on any atom is 0.258 e. The van der Waals surface area contributed by atoms with E-state index in [1.807, 2.05) is 0 Å². The molecule has 0 radical (unpaired) electrons. The molecule has 0 aliphatic heterocycles. The van der Waals surface area contributed by atoms with Crippen molar-refractivity contribution in [3.05, 3.63) is 39.4 Å². The summed E-state index contributed by atoms with van der Waals surface area (Å²) in [6.45, 7) is 1.87. The van der Waals surface area contributed by atoms with Crippen molar-refractivity contribution in [3.63, 3.8) is 0 Å². The normalized spacial score (nSPS) is 11.1. The van der Waals surface area contributed by atoms with Crippen LogP contribution in [0.3, 0.4) is 0 Å². The Hall–Kier alpha value is -1.47. The van der Waals surface area contributed by atoms with Crippen LogP contribution in [-0.4, -0.2) is 41.4 Å². The van der Waals surface area contributed by atoms with Crippen LogP contribution in [0.15, 0.2) is 23.0 Å². The third kappa shape index (κ3) is 4.01. The fourth-order valence-corrected chi connectivity index (χ4v) is 1.93. The van der Waals surface area contributed by atoms with Gasteiger partial charge in [0.1, 0.15) is 5.82 Å². The lowest BCUT2D eigenvalue weighted by Crippen LogP contribution is -2.23. The van der Waals surface area contributed by atoms with Gasteiger partial charge in [0.2, 0.25) is 0 Å². The highest BCUT2D eigenvalue weighted by atomic mass is 35.5. The fourth-order valence-electron chi connectivity index (χ4n) is 1.76. The molecule has 0 saturated heterocycles. The molecule has 0 fully saturated rings. The Kier molecular flexibility index (Phi) is 5.49. The Bertz CT molecular complexity index is 630. The summed E-state index contributed by atoms with van der Waals surface area (Å²) in [5, 5.41) is 12.7. The van der Waals surface area contributed by atoms with Crippen molar-refractivity contribution >= 4 is 22.5 Å². The van der Waals surface area contributed by atoms with Crippen LogP contribution in [-0.2, 0) is 11.3 Å². The van der Waals surface area contributed by atoms with Gasteiger partial charge in [-0.05, 0) is 18.2 Å². The van der Waals surface area contributed by atoms with Crippen LogP contribution < -0.4 is 10.9 Å². The summed E-state index contributed by atoms with van der Waals surface area (Å²) in [4.78, 5) is 18.9. The zero-order chi connectivity index (χ0) is 14.4. The van der Waals surface area contributed by atoms with Crippen molar-refractivity contribution in [3.8, 4) is 0 Å². The zero-order valence-corrected chi connectivity index (χ0v) is 11.6. The van der Waals surface area contributed by atoms with Gasteiger partial charge in [-0.1, -0.05) is 11.6 Å². The smallest absolute Gasteiger partial charge is 0.258 e. The summed E-state index contributed by atoms with van der Waals surface area (Å²) in [6.07, 6.45) is 0. The van der Waals surface area contributed by atoms with Crippen LogP contribution >= 0.6 is 11.6 Å². The third-order valence-electron chi connectivity index (χ3n) is 2.67. The van der Waals surface area contributed by atoms with Gasteiger partial charge in [-0.15, -0.1) is 0 Å². The van der Waals surface area contributed by atoms with Crippen LogP contribution in [0.2, 0.25) is 5.02 Å². The van der Waals surface area contributed by atoms with Gasteiger partial charge in [-0.3, -0.25) is 4.79 Å². The van der Waals surface area contributed by atoms with Gasteiger partial charge in [0.05, 0.1) is 37.3 Å². The molecule has 0 bridgehead atoms. The number of halogens is 1. The van der Waals surface area contributed by atoms with E-state index in [1.165, 1.54) is 0 Å². The molecule has 1 aromatic carbocycles. The van der Waals surface area contributed by atoms with Gasteiger partial charge in [-0.2, -0.15) is 0 Å². The Morgan fingerprint density at radius 3 is 3.05 bits per heavy atom. The molecular formula is C13H16ClN3O3. The minimum absolute atomic E-state index is 0.0142. The Morgan fingerprint density at radius 1 is 1.40 bits per heavy atom. The average Bonchev–Trinajstić information content (AvgIpc) is 2.42. The first-order valence-corrected chi connectivity index (χ1v) is 6.66. The van der Waals surface area contributed by atoms with Crippen molar-refractivity contribution < 1.29 is 9.84 Å². The number of aliphatic hydroxyl groups excluding tert-OH is 1. The standard InChI is InChI=1S/C13H16ClN3O3/c14-9-1-2-10-11(7-9)16-12(17-13(10)19)8-15-3-5-20-6-4-18/h1-2,7,15,18H,3-6,8H2,(H,16,17,19). The Labute approximate surface area is 120 Å². The number of benzene rings is 1. The molecule has 1 heterocycles. The fraction of sp³-hybridized carbons (Fsp3) is 0.385. The number of fused-ring (bicyclic) bond motifs is 1. The summed E-state index contributed by atoms with van der Waals surface area (Å²) in [5.74, 6) is 0.548. The number of aliphatic hydroxyl groups is 1. The number of rotatable bonds is 7. The zero-order valence-electron chi connectivity index (χ0n) is 10.9. The first kappa shape index (κ1) is 14.9. The van der Waals surface area contributed by atoms with Crippen LogP contribution in [0, 0.1) is 0 Å². The van der Waals surface area contributed by atoms with Gasteiger partial charge in [0.25, 0.3) is 5.56 Å². The highest BCUT2D eigenvalue weighted by molar-refractivity contribution is 6.31. The molecule has 20 heavy (non-hydrogen) atoms. The summed E-state index contributed by atoms with van der Waals surface area (Å²) in [6, 6.07) is 4.99. The highest BCUT2D eigenvalue weighted by Crippen LogP contribution is 2.14. The second kappa shape index (κ2) is 7.35. The van der Waals surface area contributed by atoms with E-state index in [9.17, 15) is 4.79 Å². The predicted molar refractivity (Wildman–Crippen MR) is 77.0 cm³/mol. The predicted octanol–water partition coefficient (Wildman–Crippen LogP) is 0.675. The van der Waals surface area contributed by atoms with Crippen molar-refractivity contribution in [2.24, 2.45) is 0 Å². The van der Waals surface area contributed by atoms with Crippen molar-refractivity contribution in [2.45, 2.75) is 6.54 Å². The van der Waals surface area contributed by atoms with E-state index in [0.29, 0.717) is 48.1 Å². The molecule has 1 aromatic heterocycles. The number of aromatic nitrogens is 2. The van der Waals surface area contributed by atoms with Gasteiger partial charge < -0.3 is 20.1 Å². The lowest BCUT2D eigenvalue weighted by Gasteiger charge is -2.06. The molecular weight excluding hydrogens is 282 g/mol. The van der Waals surface area contributed by atoms with Gasteiger partial charge in [0, 0.05) is 11.6 Å². The highest BCUT2D eigenvalue weighted by Gasteiger charge is 2.04. The van der Waals surface area contributed by atoms with E-state index >= 15 is 0 Å². The largest absolute Gasteiger partial charge is 0.394 e. The maximum absolute atomic E-state index is 11.9. The maximum atomic E-state index is 11.9. The van der Waals surface area contributed by atoms with Crippen LogP contribution in [0.5, 0.6) is 0 Å². The lowest BCUT2D eigenvalue weighted by molar-refractivity contribution is 0.0937. The van der Waals surface area contributed by atoms with E-state index < -0.39 is 0 Å². The van der Waals surface area contributed by atoms with Gasteiger partial charge in [0.15, 0.2) is 0 Å². The average molecular weight is 298 g/mol. The molecule has 3 N–H and O–H groups in total. The molecule has 0 amide bonds. The second-order valence-corrected chi connectivity index (χ2v) is 4.62. The minimum Gasteiger partial charge on any atom is -0.394 e. The minimum atomic E-state index is -0.181. The van der Waals surface area contributed by atoms with Crippen molar-refractivity contribution in [1.29, 1.82) is 0 Å². The molecule has 0 saturated carbocycles. The van der Waals surface area contributed by atoms with E-state index in [1.54, 1.807) is 18.2 Å². The van der Waals surface area contributed by atoms with Gasteiger partial charge >= 0.3 is 0 Å². The summed E-state index contributed by atoms with van der Waals surface area (Å²) in [7, 11) is 0. The number of aromatic amines is 1.